The normalized spacial score (nSPS) is 11.3. The lowest BCUT2D eigenvalue weighted by Gasteiger charge is -2.31. The number of aliphatic hydroxyl groups is 1. The van der Waals surface area contributed by atoms with Crippen molar-refractivity contribution in [2.24, 2.45) is 0 Å². The average molecular weight is 350 g/mol. The van der Waals surface area contributed by atoms with Gasteiger partial charge >= 0.3 is 0 Å². The molecule has 3 aromatic rings. The molecule has 3 aromatic carbocycles. The molecule has 0 aliphatic heterocycles. The average Bonchev–Trinajstić information content (AvgIpc) is 2.68. The summed E-state index contributed by atoms with van der Waals surface area (Å²) in [7, 11) is 8.05. The zero-order chi connectivity index (χ0) is 18.7. The Hall–Kier alpha value is -2.78. The highest BCUT2D eigenvalue weighted by atomic mass is 16.3. The predicted octanol–water partition coefficient (Wildman–Crippen LogP) is 4.10. The lowest BCUT2D eigenvalue weighted by Crippen LogP contribution is -2.29. The van der Waals surface area contributed by atoms with Crippen LogP contribution in [0.2, 0.25) is 0 Å². The van der Waals surface area contributed by atoms with E-state index in [9.17, 15) is 5.11 Å². The van der Waals surface area contributed by atoms with E-state index in [4.69, 9.17) is 0 Å². The third-order valence-electron chi connectivity index (χ3n) is 4.79. The SMILES string of the molecule is [13CH3]N([13CH3])c1ccc(C(O)(c2ccccc2)c2ccc(N([13CH3])[13CH3])cc2)cc1. The molecule has 0 heterocycles. The molecule has 1 N–H and O–H groups in total. The van der Waals surface area contributed by atoms with Crippen molar-refractivity contribution in [3.63, 3.8) is 0 Å². The van der Waals surface area contributed by atoms with Crippen LogP contribution in [-0.4, -0.2) is 33.3 Å². The van der Waals surface area contributed by atoms with E-state index in [1.165, 1.54) is 0 Å². The van der Waals surface area contributed by atoms with Gasteiger partial charge in [-0.3, -0.25) is 0 Å². The van der Waals surface area contributed by atoms with Gasteiger partial charge in [-0.25, -0.2) is 0 Å². The van der Waals surface area contributed by atoms with E-state index in [1.807, 2.05) is 107 Å². The fraction of sp³-hybridized carbons (Fsp3) is 0.217. The molecule has 26 heavy (non-hydrogen) atoms. The molecule has 0 saturated heterocycles. The standard InChI is InChI=1S/C23H26N2O/c1-24(2)21-14-10-19(11-15-21)23(26,18-8-6-5-7-9-18)20-12-16-22(17-13-20)25(3)4/h5-17,26H,1-4H3/i1+1,2+1,3+1,4+1. The van der Waals surface area contributed by atoms with Gasteiger partial charge in [-0.05, 0) is 41.0 Å². The van der Waals surface area contributed by atoms with Crippen LogP contribution in [0.25, 0.3) is 0 Å². The Morgan fingerprint density at radius 2 is 0.885 bits per heavy atom. The molecule has 0 radical (unpaired) electrons. The number of nitrogens with zero attached hydrogens (tertiary/aromatic N) is 2. The second-order valence-electron chi connectivity index (χ2n) is 6.96. The van der Waals surface area contributed by atoms with E-state index in [0.717, 1.165) is 28.1 Å². The number of benzene rings is 3. The molecular formula is C23H26N2O. The minimum absolute atomic E-state index is 0.854. The van der Waals surface area contributed by atoms with Gasteiger partial charge in [0.1, 0.15) is 5.60 Å². The molecule has 0 aliphatic carbocycles. The summed E-state index contributed by atoms with van der Waals surface area (Å²) in [5, 5.41) is 11.9. The zero-order valence-electron chi connectivity index (χ0n) is 15.8. The van der Waals surface area contributed by atoms with Crippen LogP contribution in [0.15, 0.2) is 78.9 Å². The highest BCUT2D eigenvalue weighted by molar-refractivity contribution is 5.55. The molecule has 0 atom stereocenters. The Balaban J connectivity index is 2.14. The van der Waals surface area contributed by atoms with E-state index in [2.05, 4.69) is 9.80 Å². The molecule has 0 bridgehead atoms. The van der Waals surface area contributed by atoms with Crippen LogP contribution < -0.4 is 9.80 Å². The van der Waals surface area contributed by atoms with Crippen molar-refractivity contribution in [2.45, 2.75) is 5.60 Å². The molecule has 0 unspecified atom stereocenters. The van der Waals surface area contributed by atoms with E-state index >= 15 is 0 Å². The minimum atomic E-state index is -1.20. The maximum atomic E-state index is 11.9. The van der Waals surface area contributed by atoms with Crippen molar-refractivity contribution in [1.29, 1.82) is 0 Å². The van der Waals surface area contributed by atoms with Crippen molar-refractivity contribution < 1.29 is 5.11 Å². The van der Waals surface area contributed by atoms with Crippen LogP contribution in [0, 0.1) is 0 Å². The van der Waals surface area contributed by atoms with Crippen molar-refractivity contribution in [1.82, 2.24) is 0 Å². The Morgan fingerprint density at radius 3 is 1.23 bits per heavy atom. The van der Waals surface area contributed by atoms with Gasteiger partial charge in [-0.15, -0.1) is 0 Å². The topological polar surface area (TPSA) is 26.7 Å². The second-order valence-corrected chi connectivity index (χ2v) is 6.96. The van der Waals surface area contributed by atoms with Crippen LogP contribution in [0.1, 0.15) is 16.7 Å². The molecular weight excluding hydrogens is 324 g/mol. The quantitative estimate of drug-likeness (QED) is 0.554. The van der Waals surface area contributed by atoms with E-state index < -0.39 is 5.60 Å². The van der Waals surface area contributed by atoms with Crippen molar-refractivity contribution in [3.8, 4) is 0 Å². The van der Waals surface area contributed by atoms with Gasteiger partial charge in [0.2, 0.25) is 0 Å². The first kappa shape index (κ1) is 18.0. The Bertz CT molecular complexity index is 786. The zero-order valence-corrected chi connectivity index (χ0v) is 15.8. The molecule has 0 saturated carbocycles. The minimum Gasteiger partial charge on any atom is -0.378 e. The van der Waals surface area contributed by atoms with Gasteiger partial charge in [0, 0.05) is 39.6 Å². The third-order valence-corrected chi connectivity index (χ3v) is 4.79. The van der Waals surface area contributed by atoms with Gasteiger partial charge in [-0.2, -0.15) is 0 Å². The summed E-state index contributed by atoms with van der Waals surface area (Å²) in [5.41, 5.74) is 3.57. The first-order chi connectivity index (χ1) is 12.4. The first-order valence-corrected chi connectivity index (χ1v) is 8.76. The van der Waals surface area contributed by atoms with Crippen LogP contribution in [-0.2, 0) is 5.60 Å². The van der Waals surface area contributed by atoms with E-state index in [-0.39, 0.29) is 0 Å². The second kappa shape index (κ2) is 7.22. The lowest BCUT2D eigenvalue weighted by atomic mass is 9.80. The molecule has 0 aliphatic rings. The Kier molecular flexibility index (Phi) is 5.01. The first-order valence-electron chi connectivity index (χ1n) is 8.76. The smallest absolute Gasteiger partial charge is 0.140 e. The molecule has 3 heteroatoms. The van der Waals surface area contributed by atoms with Gasteiger partial charge < -0.3 is 14.9 Å². The van der Waals surface area contributed by atoms with Crippen LogP contribution in [0.5, 0.6) is 0 Å². The maximum absolute atomic E-state index is 11.9. The molecule has 0 spiro atoms. The molecule has 3 nitrogen and oxygen atoms in total. The summed E-state index contributed by atoms with van der Waals surface area (Å²) in [6, 6.07) is 26.0. The van der Waals surface area contributed by atoms with E-state index in [1.54, 1.807) is 0 Å². The molecule has 134 valence electrons. The van der Waals surface area contributed by atoms with Crippen molar-refractivity contribution >= 4 is 11.4 Å². The summed E-state index contributed by atoms with van der Waals surface area (Å²) in [5.74, 6) is 0. The number of rotatable bonds is 5. The monoisotopic (exact) mass is 350 g/mol. The molecule has 0 aromatic heterocycles. The largest absolute Gasteiger partial charge is 0.378 e. The summed E-state index contributed by atoms with van der Waals surface area (Å²) in [4.78, 5) is 4.11. The summed E-state index contributed by atoms with van der Waals surface area (Å²) in [6.45, 7) is 0. The fourth-order valence-electron chi connectivity index (χ4n) is 3.18. The highest BCUT2D eigenvalue weighted by Crippen LogP contribution is 2.37. The van der Waals surface area contributed by atoms with Crippen LogP contribution in [0.4, 0.5) is 11.4 Å². The number of anilines is 2. The third kappa shape index (κ3) is 3.31. The van der Waals surface area contributed by atoms with E-state index in [0.29, 0.717) is 0 Å². The molecule has 0 fully saturated rings. The summed E-state index contributed by atoms with van der Waals surface area (Å²) < 4.78 is 0. The van der Waals surface area contributed by atoms with Crippen LogP contribution in [0.3, 0.4) is 0 Å². The van der Waals surface area contributed by atoms with Gasteiger partial charge in [0.05, 0.1) is 0 Å². The highest BCUT2D eigenvalue weighted by Gasteiger charge is 2.33. The predicted molar refractivity (Wildman–Crippen MR) is 110 cm³/mol. The summed E-state index contributed by atoms with van der Waals surface area (Å²) in [6.07, 6.45) is 0. The Labute approximate surface area is 156 Å². The van der Waals surface area contributed by atoms with Crippen molar-refractivity contribution in [3.05, 3.63) is 95.6 Å². The maximum Gasteiger partial charge on any atom is 0.140 e. The summed E-state index contributed by atoms with van der Waals surface area (Å²) >= 11 is 0. The molecule has 0 amide bonds. The van der Waals surface area contributed by atoms with Crippen LogP contribution >= 0.6 is 0 Å². The lowest BCUT2D eigenvalue weighted by molar-refractivity contribution is 0.126. The number of hydrogen-bond donors (Lipinski definition) is 1. The number of hydrogen-bond acceptors (Lipinski definition) is 3. The van der Waals surface area contributed by atoms with Gasteiger partial charge in [0.15, 0.2) is 0 Å². The van der Waals surface area contributed by atoms with Gasteiger partial charge in [0.25, 0.3) is 0 Å². The fourth-order valence-corrected chi connectivity index (χ4v) is 3.18. The van der Waals surface area contributed by atoms with Gasteiger partial charge in [-0.1, -0.05) is 54.6 Å². The van der Waals surface area contributed by atoms with Crippen molar-refractivity contribution in [2.75, 3.05) is 38.0 Å². The molecule has 3 rings (SSSR count). The Morgan fingerprint density at radius 1 is 0.538 bits per heavy atom.